The maximum Gasteiger partial charge on any atom is 0.236 e. The SMILES string of the molecule is COC[C@@]1(C(=O)Nc2ccc3[nH]nc(-c4ccncc4)c3c2)CCN(CC(=O)N2CCC(c3ccc(-c4ncccn4)cc3)CC2)C1. The van der Waals surface area contributed by atoms with Crippen molar-refractivity contribution in [3.63, 3.8) is 0 Å². The number of ether oxygens (including phenoxy) is 1. The average molecular weight is 631 g/mol. The number of amides is 2. The summed E-state index contributed by atoms with van der Waals surface area (Å²) >= 11 is 0. The van der Waals surface area contributed by atoms with Crippen molar-refractivity contribution in [2.24, 2.45) is 5.41 Å². The fraction of sp³-hybridized carbons (Fsp3) is 0.333. The Morgan fingerprint density at radius 1 is 0.957 bits per heavy atom. The van der Waals surface area contributed by atoms with Crippen LogP contribution in [-0.4, -0.2) is 93.2 Å². The molecule has 0 unspecified atom stereocenters. The van der Waals surface area contributed by atoms with E-state index in [2.05, 4.69) is 59.6 Å². The number of carbonyl (C=O) groups excluding carboxylic acids is 2. The number of H-pyrrole nitrogens is 1. The molecule has 5 aromatic rings. The third kappa shape index (κ3) is 6.49. The zero-order valence-electron chi connectivity index (χ0n) is 26.4. The van der Waals surface area contributed by atoms with E-state index in [1.54, 1.807) is 31.9 Å². The first-order valence-electron chi connectivity index (χ1n) is 16.1. The summed E-state index contributed by atoms with van der Waals surface area (Å²) in [5.41, 5.74) is 4.85. The molecule has 2 fully saturated rings. The molecule has 2 aliphatic heterocycles. The second-order valence-electron chi connectivity index (χ2n) is 12.5. The van der Waals surface area contributed by atoms with Gasteiger partial charge in [-0.05, 0) is 73.7 Å². The predicted molar refractivity (Wildman–Crippen MR) is 179 cm³/mol. The number of pyridine rings is 1. The molecule has 0 aliphatic carbocycles. The number of carbonyl (C=O) groups is 2. The fourth-order valence-electron chi connectivity index (χ4n) is 6.93. The van der Waals surface area contributed by atoms with E-state index in [9.17, 15) is 9.59 Å². The van der Waals surface area contributed by atoms with Crippen molar-refractivity contribution < 1.29 is 14.3 Å². The minimum Gasteiger partial charge on any atom is -0.384 e. The molecule has 2 aliphatic rings. The number of piperidine rings is 1. The smallest absolute Gasteiger partial charge is 0.236 e. The standard InChI is InChI=1S/C36H38N8O3/c1-47-24-36(35(46)40-29-7-8-31-30(21-29)33(42-41-31)27-9-16-37-17-10-27)13-20-43(23-36)22-32(45)44-18-11-26(12-19-44)25-3-5-28(6-4-25)34-38-14-2-15-39-34/h2-10,14-17,21,26H,11-13,18-20,22-24H2,1H3,(H,40,46)(H,41,42)/t36-/m1/s1. The van der Waals surface area contributed by atoms with E-state index in [1.807, 2.05) is 41.3 Å². The van der Waals surface area contributed by atoms with Gasteiger partial charge in [0.05, 0.1) is 24.1 Å². The average Bonchev–Trinajstić information content (AvgIpc) is 3.74. The quantitative estimate of drug-likeness (QED) is 0.239. The van der Waals surface area contributed by atoms with E-state index in [4.69, 9.17) is 4.74 Å². The van der Waals surface area contributed by atoms with Gasteiger partial charge in [0.2, 0.25) is 11.8 Å². The van der Waals surface area contributed by atoms with Crippen LogP contribution in [0.25, 0.3) is 33.5 Å². The van der Waals surface area contributed by atoms with Gasteiger partial charge in [-0.25, -0.2) is 9.97 Å². The van der Waals surface area contributed by atoms with Crippen molar-refractivity contribution in [3.8, 4) is 22.6 Å². The summed E-state index contributed by atoms with van der Waals surface area (Å²) in [7, 11) is 1.62. The predicted octanol–water partition coefficient (Wildman–Crippen LogP) is 4.77. The first-order valence-corrected chi connectivity index (χ1v) is 16.1. The van der Waals surface area contributed by atoms with Crippen LogP contribution in [0.2, 0.25) is 0 Å². The molecule has 0 bridgehead atoms. The molecule has 2 saturated heterocycles. The number of aromatic amines is 1. The maximum absolute atomic E-state index is 13.8. The molecule has 3 aromatic heterocycles. The summed E-state index contributed by atoms with van der Waals surface area (Å²) in [5.74, 6) is 1.15. The Morgan fingerprint density at radius 2 is 1.72 bits per heavy atom. The molecular weight excluding hydrogens is 592 g/mol. The van der Waals surface area contributed by atoms with Gasteiger partial charge in [-0.2, -0.15) is 5.10 Å². The van der Waals surface area contributed by atoms with Gasteiger partial charge in [0, 0.05) is 73.7 Å². The Hall–Kier alpha value is -5.00. The molecule has 0 saturated carbocycles. The maximum atomic E-state index is 13.8. The largest absolute Gasteiger partial charge is 0.384 e. The van der Waals surface area contributed by atoms with Gasteiger partial charge < -0.3 is 15.0 Å². The van der Waals surface area contributed by atoms with E-state index in [0.29, 0.717) is 37.7 Å². The highest BCUT2D eigenvalue weighted by atomic mass is 16.5. The van der Waals surface area contributed by atoms with Crippen molar-refractivity contribution in [2.75, 3.05) is 51.8 Å². The molecule has 2 N–H and O–H groups in total. The van der Waals surface area contributed by atoms with Crippen LogP contribution in [0.5, 0.6) is 0 Å². The third-order valence-electron chi connectivity index (χ3n) is 9.52. The molecule has 2 aromatic carbocycles. The van der Waals surface area contributed by atoms with Crippen molar-refractivity contribution in [1.29, 1.82) is 0 Å². The Balaban J connectivity index is 0.951. The van der Waals surface area contributed by atoms with Crippen molar-refractivity contribution >= 4 is 28.4 Å². The van der Waals surface area contributed by atoms with Crippen LogP contribution in [-0.2, 0) is 14.3 Å². The number of hydrogen-bond donors (Lipinski definition) is 2. The lowest BCUT2D eigenvalue weighted by molar-refractivity contribution is -0.134. The number of methoxy groups -OCH3 is 1. The van der Waals surface area contributed by atoms with Gasteiger partial charge in [0.15, 0.2) is 5.82 Å². The summed E-state index contributed by atoms with van der Waals surface area (Å²) < 4.78 is 5.57. The van der Waals surface area contributed by atoms with Crippen LogP contribution in [0.4, 0.5) is 5.69 Å². The Morgan fingerprint density at radius 3 is 2.47 bits per heavy atom. The van der Waals surface area contributed by atoms with Gasteiger partial charge in [0.25, 0.3) is 0 Å². The minimum absolute atomic E-state index is 0.103. The second-order valence-corrected chi connectivity index (χ2v) is 12.5. The molecule has 11 heteroatoms. The highest BCUT2D eigenvalue weighted by Crippen LogP contribution is 2.35. The lowest BCUT2D eigenvalue weighted by Gasteiger charge is -2.33. The normalized spacial score (nSPS) is 18.9. The number of hydrogen-bond acceptors (Lipinski definition) is 8. The molecule has 47 heavy (non-hydrogen) atoms. The number of nitrogens with zero attached hydrogens (tertiary/aromatic N) is 6. The van der Waals surface area contributed by atoms with Crippen LogP contribution in [0.15, 0.2) is 85.5 Å². The van der Waals surface area contributed by atoms with Gasteiger partial charge in [-0.1, -0.05) is 24.3 Å². The number of nitrogens with one attached hydrogen (secondary N) is 2. The summed E-state index contributed by atoms with van der Waals surface area (Å²) in [6.07, 6.45) is 9.43. The molecule has 5 heterocycles. The molecule has 0 radical (unpaired) electrons. The summed E-state index contributed by atoms with van der Waals surface area (Å²) in [6, 6.07) is 19.8. The Kier molecular flexibility index (Phi) is 8.73. The van der Waals surface area contributed by atoms with Crippen LogP contribution in [0, 0.1) is 5.41 Å². The van der Waals surface area contributed by atoms with E-state index in [-0.39, 0.29) is 18.4 Å². The Labute approximate surface area is 273 Å². The van der Waals surface area contributed by atoms with Crippen LogP contribution in [0.1, 0.15) is 30.7 Å². The van der Waals surface area contributed by atoms with Gasteiger partial charge >= 0.3 is 0 Å². The van der Waals surface area contributed by atoms with Crippen molar-refractivity contribution in [1.82, 2.24) is 34.9 Å². The Bertz CT molecular complexity index is 1840. The molecular formula is C36H38N8O3. The molecule has 1 atom stereocenters. The van der Waals surface area contributed by atoms with Crippen molar-refractivity contribution in [3.05, 3.63) is 91.0 Å². The van der Waals surface area contributed by atoms with Gasteiger partial charge in [-0.3, -0.25) is 24.6 Å². The number of benzene rings is 2. The lowest BCUT2D eigenvalue weighted by Crippen LogP contribution is -2.46. The van der Waals surface area contributed by atoms with Crippen LogP contribution >= 0.6 is 0 Å². The van der Waals surface area contributed by atoms with E-state index >= 15 is 0 Å². The summed E-state index contributed by atoms with van der Waals surface area (Å²) in [6.45, 7) is 3.14. The fourth-order valence-corrected chi connectivity index (χ4v) is 6.93. The van der Waals surface area contributed by atoms with Gasteiger partial charge in [0.1, 0.15) is 5.69 Å². The zero-order valence-corrected chi connectivity index (χ0v) is 26.4. The number of aromatic nitrogens is 5. The van der Waals surface area contributed by atoms with Gasteiger partial charge in [-0.15, -0.1) is 0 Å². The highest BCUT2D eigenvalue weighted by molar-refractivity contribution is 6.00. The zero-order chi connectivity index (χ0) is 32.2. The topological polar surface area (TPSA) is 129 Å². The first kappa shape index (κ1) is 30.6. The summed E-state index contributed by atoms with van der Waals surface area (Å²) in [5, 5.41) is 11.6. The molecule has 240 valence electrons. The molecule has 7 rings (SSSR count). The minimum atomic E-state index is -0.752. The third-order valence-corrected chi connectivity index (χ3v) is 9.52. The second kappa shape index (κ2) is 13.4. The van der Waals surface area contributed by atoms with E-state index in [1.165, 1.54) is 5.56 Å². The number of rotatable bonds is 9. The molecule has 11 nitrogen and oxygen atoms in total. The number of likely N-dealkylation sites (tertiary alicyclic amines) is 2. The van der Waals surface area contributed by atoms with Crippen LogP contribution < -0.4 is 5.32 Å². The van der Waals surface area contributed by atoms with E-state index < -0.39 is 5.41 Å². The van der Waals surface area contributed by atoms with E-state index in [0.717, 1.165) is 59.5 Å². The summed E-state index contributed by atoms with van der Waals surface area (Å²) in [4.78, 5) is 44.1. The number of anilines is 1. The first-order chi connectivity index (χ1) is 23.0. The molecule has 0 spiro atoms. The lowest BCUT2D eigenvalue weighted by atomic mass is 9.86. The number of fused-ring (bicyclic) bond motifs is 1. The van der Waals surface area contributed by atoms with Crippen LogP contribution in [0.3, 0.4) is 0 Å². The highest BCUT2D eigenvalue weighted by Gasteiger charge is 2.45. The molecule has 2 amide bonds. The monoisotopic (exact) mass is 630 g/mol. The van der Waals surface area contributed by atoms with Crippen molar-refractivity contribution in [2.45, 2.75) is 25.2 Å².